The van der Waals surface area contributed by atoms with Gasteiger partial charge in [-0.25, -0.2) is 4.79 Å². The van der Waals surface area contributed by atoms with Crippen LogP contribution in [0, 0.1) is 6.92 Å². The average molecular weight is 332 g/mol. The monoisotopic (exact) mass is 332 g/mol. The van der Waals surface area contributed by atoms with E-state index in [9.17, 15) is 4.79 Å². The van der Waals surface area contributed by atoms with Crippen molar-refractivity contribution in [3.05, 3.63) is 101 Å². The Morgan fingerprint density at radius 3 is 2.25 bits per heavy atom. The predicted molar refractivity (Wildman–Crippen MR) is 96.1 cm³/mol. The molecule has 0 N–H and O–H groups in total. The number of thioether (sulfide) groups is 1. The SMILES string of the molecule is Cc1ccc2c(c1)C(=O)OC2(Sc1ccccc1)c1ccccc1. The van der Waals surface area contributed by atoms with Crippen LogP contribution < -0.4 is 0 Å². The Hall–Kier alpha value is -2.52. The van der Waals surface area contributed by atoms with Crippen molar-refractivity contribution in [3.8, 4) is 0 Å². The molecule has 0 spiro atoms. The summed E-state index contributed by atoms with van der Waals surface area (Å²) in [4.78, 5) is 12.8. The highest BCUT2D eigenvalue weighted by Crippen LogP contribution is 2.52. The summed E-state index contributed by atoms with van der Waals surface area (Å²) in [5.41, 5.74) is 3.59. The van der Waals surface area contributed by atoms with E-state index in [4.69, 9.17) is 4.74 Å². The molecule has 0 bridgehead atoms. The zero-order chi connectivity index (χ0) is 16.6. The molecule has 118 valence electrons. The second-order valence-corrected chi connectivity index (χ2v) is 7.09. The lowest BCUT2D eigenvalue weighted by Gasteiger charge is -2.28. The Morgan fingerprint density at radius 1 is 0.875 bits per heavy atom. The van der Waals surface area contributed by atoms with Crippen molar-refractivity contribution >= 4 is 17.7 Å². The van der Waals surface area contributed by atoms with Gasteiger partial charge in [0.2, 0.25) is 4.93 Å². The Bertz CT molecular complexity index is 890. The number of cyclic esters (lactones) is 1. The summed E-state index contributed by atoms with van der Waals surface area (Å²) < 4.78 is 5.99. The summed E-state index contributed by atoms with van der Waals surface area (Å²) in [5, 5.41) is 0. The molecule has 24 heavy (non-hydrogen) atoms. The zero-order valence-electron chi connectivity index (χ0n) is 13.2. The van der Waals surface area contributed by atoms with Gasteiger partial charge in [-0.1, -0.05) is 78.0 Å². The molecule has 2 nitrogen and oxygen atoms in total. The zero-order valence-corrected chi connectivity index (χ0v) is 14.0. The van der Waals surface area contributed by atoms with Crippen LogP contribution in [-0.2, 0) is 9.67 Å². The topological polar surface area (TPSA) is 26.3 Å². The van der Waals surface area contributed by atoms with Crippen molar-refractivity contribution in [2.24, 2.45) is 0 Å². The largest absolute Gasteiger partial charge is 0.435 e. The van der Waals surface area contributed by atoms with Gasteiger partial charge in [-0.05, 0) is 25.1 Å². The molecule has 3 heteroatoms. The van der Waals surface area contributed by atoms with Crippen LogP contribution in [0.3, 0.4) is 0 Å². The van der Waals surface area contributed by atoms with E-state index in [1.54, 1.807) is 11.8 Å². The van der Waals surface area contributed by atoms with Crippen molar-refractivity contribution in [1.82, 2.24) is 0 Å². The molecule has 0 saturated carbocycles. The maximum atomic E-state index is 12.6. The fourth-order valence-corrected chi connectivity index (χ4v) is 4.30. The molecule has 3 aromatic rings. The highest BCUT2D eigenvalue weighted by Gasteiger charge is 2.48. The molecule has 1 unspecified atom stereocenters. The van der Waals surface area contributed by atoms with Crippen molar-refractivity contribution in [1.29, 1.82) is 0 Å². The number of ether oxygens (including phenoxy) is 1. The molecule has 0 aliphatic carbocycles. The van der Waals surface area contributed by atoms with E-state index in [0.29, 0.717) is 5.56 Å². The highest BCUT2D eigenvalue weighted by atomic mass is 32.2. The Labute approximate surface area is 145 Å². The molecule has 4 rings (SSSR count). The van der Waals surface area contributed by atoms with Crippen LogP contribution in [0.25, 0.3) is 0 Å². The molecule has 1 heterocycles. The number of hydrogen-bond donors (Lipinski definition) is 0. The molecular weight excluding hydrogens is 316 g/mol. The third-order valence-electron chi connectivity index (χ3n) is 4.14. The number of fused-ring (bicyclic) bond motifs is 1. The van der Waals surface area contributed by atoms with Gasteiger partial charge in [0.1, 0.15) is 0 Å². The average Bonchev–Trinajstić information content (AvgIpc) is 2.89. The van der Waals surface area contributed by atoms with Crippen LogP contribution in [0.5, 0.6) is 0 Å². The fraction of sp³-hybridized carbons (Fsp3) is 0.0952. The van der Waals surface area contributed by atoms with Crippen molar-refractivity contribution in [2.75, 3.05) is 0 Å². The summed E-state index contributed by atoms with van der Waals surface area (Å²) in [6.45, 7) is 1.99. The first-order valence-corrected chi connectivity index (χ1v) is 8.65. The highest BCUT2D eigenvalue weighted by molar-refractivity contribution is 8.00. The van der Waals surface area contributed by atoms with Crippen molar-refractivity contribution in [2.45, 2.75) is 16.8 Å². The maximum absolute atomic E-state index is 12.6. The van der Waals surface area contributed by atoms with E-state index in [1.807, 2.05) is 85.8 Å². The molecule has 1 aliphatic heterocycles. The maximum Gasteiger partial charge on any atom is 0.340 e. The summed E-state index contributed by atoms with van der Waals surface area (Å²) in [6.07, 6.45) is 0. The molecule has 0 amide bonds. The minimum atomic E-state index is -0.845. The Balaban J connectivity index is 1.92. The first kappa shape index (κ1) is 15.0. The second kappa shape index (κ2) is 5.84. The van der Waals surface area contributed by atoms with E-state index >= 15 is 0 Å². The standard InChI is InChI=1S/C21H16O2S/c1-15-12-13-19-18(14-15)20(22)23-21(19,16-8-4-2-5-9-16)24-17-10-6-3-7-11-17/h2-14H,1H3. The number of carbonyl (C=O) groups excluding carboxylic acids is 1. The minimum absolute atomic E-state index is 0.263. The van der Waals surface area contributed by atoms with E-state index < -0.39 is 4.93 Å². The summed E-state index contributed by atoms with van der Waals surface area (Å²) in [6, 6.07) is 25.9. The number of esters is 1. The van der Waals surface area contributed by atoms with E-state index in [-0.39, 0.29) is 5.97 Å². The molecule has 0 radical (unpaired) electrons. The molecule has 0 saturated heterocycles. The van der Waals surface area contributed by atoms with Crippen LogP contribution in [0.15, 0.2) is 83.8 Å². The normalized spacial score (nSPS) is 19.0. The smallest absolute Gasteiger partial charge is 0.340 e. The lowest BCUT2D eigenvalue weighted by atomic mass is 9.97. The first-order chi connectivity index (χ1) is 11.7. The van der Waals surface area contributed by atoms with E-state index in [0.717, 1.165) is 21.6 Å². The molecular formula is C21H16O2S. The summed E-state index contributed by atoms with van der Waals surface area (Å²) >= 11 is 1.56. The quantitative estimate of drug-likeness (QED) is 0.620. The van der Waals surface area contributed by atoms with Gasteiger partial charge < -0.3 is 4.74 Å². The Morgan fingerprint density at radius 2 is 1.54 bits per heavy atom. The molecule has 0 aromatic heterocycles. The third-order valence-corrected chi connectivity index (χ3v) is 5.48. The molecule has 0 fully saturated rings. The number of aryl methyl sites for hydroxylation is 1. The van der Waals surface area contributed by atoms with Crippen LogP contribution >= 0.6 is 11.8 Å². The van der Waals surface area contributed by atoms with Crippen LogP contribution in [0.4, 0.5) is 0 Å². The molecule has 1 aliphatic rings. The number of carbonyl (C=O) groups is 1. The lowest BCUT2D eigenvalue weighted by Crippen LogP contribution is -2.23. The van der Waals surface area contributed by atoms with Gasteiger partial charge in [0.05, 0.1) is 5.56 Å². The van der Waals surface area contributed by atoms with Gasteiger partial charge in [-0.15, -0.1) is 0 Å². The predicted octanol–water partition coefficient (Wildman–Crippen LogP) is 5.16. The number of benzene rings is 3. The van der Waals surface area contributed by atoms with Gasteiger partial charge in [0.15, 0.2) is 0 Å². The number of hydrogen-bond acceptors (Lipinski definition) is 3. The minimum Gasteiger partial charge on any atom is -0.435 e. The van der Waals surface area contributed by atoms with Crippen LogP contribution in [0.1, 0.15) is 27.0 Å². The van der Waals surface area contributed by atoms with E-state index in [1.165, 1.54) is 0 Å². The van der Waals surface area contributed by atoms with Crippen LogP contribution in [0.2, 0.25) is 0 Å². The summed E-state index contributed by atoms with van der Waals surface area (Å²) in [5.74, 6) is -0.263. The van der Waals surface area contributed by atoms with Gasteiger partial charge in [-0.3, -0.25) is 0 Å². The molecule has 3 aromatic carbocycles. The van der Waals surface area contributed by atoms with Gasteiger partial charge in [0.25, 0.3) is 0 Å². The summed E-state index contributed by atoms with van der Waals surface area (Å²) in [7, 11) is 0. The Kier molecular flexibility index (Phi) is 3.66. The van der Waals surface area contributed by atoms with Crippen LogP contribution in [-0.4, -0.2) is 5.97 Å². The van der Waals surface area contributed by atoms with Crippen molar-refractivity contribution < 1.29 is 9.53 Å². The van der Waals surface area contributed by atoms with Crippen molar-refractivity contribution in [3.63, 3.8) is 0 Å². The van der Waals surface area contributed by atoms with Gasteiger partial charge >= 0.3 is 5.97 Å². The number of rotatable bonds is 3. The molecule has 1 atom stereocenters. The first-order valence-electron chi connectivity index (χ1n) is 7.83. The third kappa shape index (κ3) is 2.42. The fourth-order valence-electron chi connectivity index (χ4n) is 3.02. The van der Waals surface area contributed by atoms with Gasteiger partial charge in [-0.2, -0.15) is 0 Å². The van der Waals surface area contributed by atoms with E-state index in [2.05, 4.69) is 0 Å². The lowest BCUT2D eigenvalue weighted by molar-refractivity contribution is 0.0384. The second-order valence-electron chi connectivity index (χ2n) is 5.84. The van der Waals surface area contributed by atoms with Gasteiger partial charge in [0, 0.05) is 16.0 Å².